The van der Waals surface area contributed by atoms with Crippen LogP contribution in [0.5, 0.6) is 0 Å². The van der Waals surface area contributed by atoms with E-state index >= 15 is 0 Å². The van der Waals surface area contributed by atoms with Gasteiger partial charge in [-0.15, -0.1) is 0 Å². The van der Waals surface area contributed by atoms with E-state index in [-0.39, 0.29) is 11.9 Å². The molecule has 1 saturated heterocycles. The Bertz CT molecular complexity index is 586. The van der Waals surface area contributed by atoms with Crippen LogP contribution in [0.4, 0.5) is 0 Å². The van der Waals surface area contributed by atoms with Gasteiger partial charge in [-0.05, 0) is 0 Å². The first-order valence-corrected chi connectivity index (χ1v) is 8.57. The third-order valence-electron chi connectivity index (χ3n) is 2.63. The summed E-state index contributed by atoms with van der Waals surface area (Å²) in [5.74, 6) is -0.00306. The molecular formula is C10H16N2O5S2. The molecule has 0 spiro atoms. The molecule has 1 aliphatic carbocycles. The molecule has 0 aromatic rings. The van der Waals surface area contributed by atoms with Gasteiger partial charge in [-0.25, -0.2) is 8.42 Å². The van der Waals surface area contributed by atoms with Gasteiger partial charge >= 0.3 is 0 Å². The molecular weight excluding hydrogens is 292 g/mol. The molecule has 0 aromatic carbocycles. The lowest BCUT2D eigenvalue weighted by atomic mass is 10.3. The maximum atomic E-state index is 11.3. The van der Waals surface area contributed by atoms with E-state index in [2.05, 4.69) is 11.9 Å². The van der Waals surface area contributed by atoms with Crippen LogP contribution in [0, 0.1) is 0 Å². The fourth-order valence-corrected chi connectivity index (χ4v) is 2.19. The minimum atomic E-state index is -2.90. The summed E-state index contributed by atoms with van der Waals surface area (Å²) < 4.78 is 40.8. The van der Waals surface area contributed by atoms with Gasteiger partial charge in [0.15, 0.2) is 9.84 Å². The summed E-state index contributed by atoms with van der Waals surface area (Å²) in [6.07, 6.45) is 1.63. The highest BCUT2D eigenvalue weighted by Crippen LogP contribution is 2.23. The molecule has 1 amide bonds. The monoisotopic (exact) mass is 308 g/mol. The van der Waals surface area contributed by atoms with Crippen molar-refractivity contribution < 1.29 is 21.6 Å². The fraction of sp³-hybridized carbons (Fsp3) is 0.600. The molecule has 1 saturated carbocycles. The molecule has 1 atom stereocenters. The van der Waals surface area contributed by atoms with Crippen LogP contribution in [-0.2, 0) is 24.9 Å². The van der Waals surface area contributed by atoms with Gasteiger partial charge in [-0.3, -0.25) is 4.79 Å². The predicted molar refractivity (Wildman–Crippen MR) is 72.0 cm³/mol. The van der Waals surface area contributed by atoms with Crippen LogP contribution in [-0.4, -0.2) is 64.4 Å². The van der Waals surface area contributed by atoms with E-state index in [0.29, 0.717) is 24.4 Å². The van der Waals surface area contributed by atoms with Crippen LogP contribution in [0.1, 0.15) is 6.42 Å². The van der Waals surface area contributed by atoms with Crippen molar-refractivity contribution in [2.75, 3.05) is 25.9 Å². The average Bonchev–Trinajstić information content (AvgIpc) is 3.09. The number of amides is 1. The lowest BCUT2D eigenvalue weighted by Gasteiger charge is -2.26. The zero-order valence-corrected chi connectivity index (χ0v) is 12.1. The molecule has 2 aliphatic rings. The molecule has 7 nitrogen and oxygen atoms in total. The Morgan fingerprint density at radius 3 is 2.42 bits per heavy atom. The van der Waals surface area contributed by atoms with E-state index in [1.54, 1.807) is 4.90 Å². The molecule has 0 radical (unpaired) electrons. The summed E-state index contributed by atoms with van der Waals surface area (Å²) in [5, 5.41) is 3.85. The van der Waals surface area contributed by atoms with Gasteiger partial charge in [0.25, 0.3) is 0 Å². The molecule has 1 N–H and O–H groups in total. The van der Waals surface area contributed by atoms with Gasteiger partial charge < -0.3 is 10.2 Å². The highest BCUT2D eigenvalue weighted by atomic mass is 32.2. The van der Waals surface area contributed by atoms with Crippen LogP contribution in [0.3, 0.4) is 0 Å². The van der Waals surface area contributed by atoms with Gasteiger partial charge in [0.1, 0.15) is 0 Å². The first-order valence-electron chi connectivity index (χ1n) is 5.54. The molecule has 2 rings (SSSR count). The predicted octanol–water partition coefficient (Wildman–Crippen LogP) is -1.58. The van der Waals surface area contributed by atoms with Crippen molar-refractivity contribution in [1.82, 2.24) is 10.2 Å². The molecule has 0 bridgehead atoms. The highest BCUT2D eigenvalue weighted by molar-refractivity contribution is 7.93. The third kappa shape index (κ3) is 5.13. The van der Waals surface area contributed by atoms with E-state index in [1.165, 1.54) is 0 Å². The molecule has 1 heterocycles. The van der Waals surface area contributed by atoms with E-state index in [1.807, 2.05) is 0 Å². The van der Waals surface area contributed by atoms with Crippen molar-refractivity contribution in [2.45, 2.75) is 12.5 Å². The van der Waals surface area contributed by atoms with Crippen molar-refractivity contribution in [2.24, 2.45) is 0 Å². The maximum absolute atomic E-state index is 11.3. The van der Waals surface area contributed by atoms with Gasteiger partial charge in [0, 0.05) is 31.2 Å². The third-order valence-corrected chi connectivity index (χ3v) is 4.10. The van der Waals surface area contributed by atoms with Crippen molar-refractivity contribution >= 4 is 30.9 Å². The first-order chi connectivity index (χ1) is 8.76. The van der Waals surface area contributed by atoms with E-state index < -0.39 is 20.1 Å². The van der Waals surface area contributed by atoms with Crippen LogP contribution < -0.4 is 5.32 Å². The van der Waals surface area contributed by atoms with E-state index in [9.17, 15) is 21.6 Å². The molecule has 9 heteroatoms. The number of carbonyl (C=O) groups is 1. The first kappa shape index (κ1) is 15.9. The number of piperazine rings is 1. The second-order valence-corrected chi connectivity index (χ2v) is 7.17. The zero-order valence-electron chi connectivity index (χ0n) is 10.5. The van der Waals surface area contributed by atoms with Gasteiger partial charge in [0.05, 0.1) is 17.5 Å². The molecule has 1 unspecified atom stereocenters. The molecule has 2 fully saturated rings. The lowest BCUT2D eigenvalue weighted by Crippen LogP contribution is -2.49. The average molecular weight is 308 g/mol. The normalized spacial score (nSPS) is 22.4. The van der Waals surface area contributed by atoms with E-state index in [4.69, 9.17) is 0 Å². The minimum absolute atomic E-state index is 0.00306. The Kier molecular flexibility index (Phi) is 5.27. The molecule has 19 heavy (non-hydrogen) atoms. The second kappa shape index (κ2) is 6.31. The smallest absolute Gasteiger partial charge is 0.237 e. The fourth-order valence-electron chi connectivity index (χ4n) is 1.55. The molecule has 108 valence electrons. The lowest BCUT2D eigenvalue weighted by molar-refractivity contribution is -0.132. The van der Waals surface area contributed by atoms with Crippen LogP contribution in [0.2, 0.25) is 0 Å². The summed E-state index contributed by atoms with van der Waals surface area (Å²) in [6, 6.07) is -0.132. The molecule has 0 aromatic heterocycles. The summed E-state index contributed by atoms with van der Waals surface area (Å²) in [5.41, 5.74) is 0. The van der Waals surface area contributed by atoms with Gasteiger partial charge in [-0.1, -0.05) is 6.58 Å². The van der Waals surface area contributed by atoms with Crippen molar-refractivity contribution in [3.05, 3.63) is 12.0 Å². The largest absolute Gasteiger partial charge is 0.332 e. The molecule has 1 aliphatic heterocycles. The van der Waals surface area contributed by atoms with E-state index in [0.717, 1.165) is 18.2 Å². The van der Waals surface area contributed by atoms with Crippen molar-refractivity contribution in [3.8, 4) is 0 Å². The number of nitrogens with zero attached hydrogens (tertiary/aromatic N) is 1. The van der Waals surface area contributed by atoms with Crippen LogP contribution >= 0.6 is 0 Å². The Morgan fingerprint density at radius 1 is 1.47 bits per heavy atom. The second-order valence-electron chi connectivity index (χ2n) is 4.18. The minimum Gasteiger partial charge on any atom is -0.332 e. The van der Waals surface area contributed by atoms with Gasteiger partial charge in [0.2, 0.25) is 16.2 Å². The Labute approximate surface area is 113 Å². The Hall–Kier alpha value is -1.19. The number of rotatable bonds is 2. The summed E-state index contributed by atoms with van der Waals surface area (Å²) >= 11 is 0. The maximum Gasteiger partial charge on any atom is 0.237 e. The summed E-state index contributed by atoms with van der Waals surface area (Å²) in [4.78, 5) is 13.4. The van der Waals surface area contributed by atoms with Crippen LogP contribution in [0.15, 0.2) is 12.0 Å². The number of nitrogens with one attached hydrogen (secondary N) is 1. The number of hydrogen-bond donors (Lipinski definition) is 1. The Balaban J connectivity index is 0.000000258. The highest BCUT2D eigenvalue weighted by Gasteiger charge is 2.41. The quantitative estimate of drug-likeness (QED) is 0.618. The Morgan fingerprint density at radius 2 is 2.05 bits per heavy atom. The zero-order chi connectivity index (χ0) is 14.6. The summed E-state index contributed by atoms with van der Waals surface area (Å²) in [6.45, 7) is 4.74. The van der Waals surface area contributed by atoms with Crippen molar-refractivity contribution in [1.29, 1.82) is 0 Å². The standard InChI is InChI=1S/C7H10N2O3S.C3H6O2S/c10-7-4-8-1-2-9(7)5-3-6(5)13(11)12;1-3-6(2,4)5/h5,8H,1-4H2;3H,1H2,2H3. The van der Waals surface area contributed by atoms with Gasteiger partial charge in [-0.2, -0.15) is 8.42 Å². The number of carbonyl (C=O) groups excluding carboxylic acids is 1. The van der Waals surface area contributed by atoms with Crippen LogP contribution in [0.25, 0.3) is 0 Å². The summed E-state index contributed by atoms with van der Waals surface area (Å²) in [7, 11) is -5.00. The SMILES string of the molecule is C=CS(C)(=O)=O.O=C1CNCCN1C1CC1=S(=O)=O. The number of sulfone groups is 1. The topological polar surface area (TPSA) is 101 Å². The van der Waals surface area contributed by atoms with Crippen molar-refractivity contribution in [3.63, 3.8) is 0 Å². The number of hydrogen-bond acceptors (Lipinski definition) is 6.